The van der Waals surface area contributed by atoms with Crippen LogP contribution < -0.4 is 10.6 Å². The van der Waals surface area contributed by atoms with Gasteiger partial charge in [-0.1, -0.05) is 43.6 Å². The average molecular weight is 309 g/mol. The van der Waals surface area contributed by atoms with Crippen molar-refractivity contribution in [2.45, 2.75) is 45.7 Å². The van der Waals surface area contributed by atoms with Gasteiger partial charge in [-0.3, -0.25) is 4.79 Å². The number of carbonyl (C=O) groups excluding carboxylic acids is 1. The van der Waals surface area contributed by atoms with E-state index >= 15 is 0 Å². The van der Waals surface area contributed by atoms with E-state index in [1.807, 2.05) is 24.3 Å². The number of carbonyl (C=O) groups is 1. The fourth-order valence-corrected chi connectivity index (χ4v) is 3.23. The third kappa shape index (κ3) is 4.21. The summed E-state index contributed by atoms with van der Waals surface area (Å²) in [7, 11) is 0. The molecule has 1 aliphatic rings. The predicted molar refractivity (Wildman–Crippen MR) is 87.4 cm³/mol. The largest absolute Gasteiger partial charge is 0.349 e. The number of piperidine rings is 1. The molecule has 0 aliphatic carbocycles. The second kappa shape index (κ2) is 7.28. The fourth-order valence-electron chi connectivity index (χ4n) is 2.97. The molecule has 0 bridgehead atoms. The van der Waals surface area contributed by atoms with E-state index in [0.717, 1.165) is 30.0 Å². The van der Waals surface area contributed by atoms with E-state index < -0.39 is 0 Å². The van der Waals surface area contributed by atoms with Crippen LogP contribution in [0, 0.1) is 11.8 Å². The minimum Gasteiger partial charge on any atom is -0.349 e. The van der Waals surface area contributed by atoms with Crippen molar-refractivity contribution in [3.05, 3.63) is 34.9 Å². The van der Waals surface area contributed by atoms with Gasteiger partial charge in [-0.2, -0.15) is 0 Å². The van der Waals surface area contributed by atoms with E-state index in [1.54, 1.807) is 0 Å². The van der Waals surface area contributed by atoms with Crippen molar-refractivity contribution in [1.82, 2.24) is 10.6 Å². The molecule has 2 rings (SSSR count). The molecule has 1 saturated heterocycles. The Kier molecular flexibility index (Phi) is 5.65. The van der Waals surface area contributed by atoms with Gasteiger partial charge in [0, 0.05) is 17.0 Å². The zero-order valence-electron chi connectivity index (χ0n) is 13.0. The summed E-state index contributed by atoms with van der Waals surface area (Å²) in [6, 6.07) is 8.14. The van der Waals surface area contributed by atoms with Crippen molar-refractivity contribution >= 4 is 17.5 Å². The molecule has 0 radical (unpaired) electrons. The highest BCUT2D eigenvalue weighted by Crippen LogP contribution is 2.29. The van der Waals surface area contributed by atoms with Crippen LogP contribution >= 0.6 is 11.6 Å². The smallest absolute Gasteiger partial charge is 0.223 e. The Morgan fingerprint density at radius 1 is 1.38 bits per heavy atom. The Morgan fingerprint density at radius 3 is 2.71 bits per heavy atom. The molecule has 1 aliphatic heterocycles. The van der Waals surface area contributed by atoms with E-state index in [0.29, 0.717) is 12.0 Å². The molecule has 21 heavy (non-hydrogen) atoms. The molecule has 0 spiro atoms. The Balaban J connectivity index is 2.10. The predicted octanol–water partition coefficient (Wildman–Crippen LogP) is 3.54. The third-order valence-corrected chi connectivity index (χ3v) is 4.54. The fraction of sp³-hybridized carbons (Fsp3) is 0.588. The molecule has 1 aromatic rings. The highest BCUT2D eigenvalue weighted by atomic mass is 35.5. The number of halogens is 1. The van der Waals surface area contributed by atoms with Crippen molar-refractivity contribution < 1.29 is 4.79 Å². The lowest BCUT2D eigenvalue weighted by atomic mass is 9.90. The number of rotatable bonds is 4. The minimum atomic E-state index is -0.0311. The van der Waals surface area contributed by atoms with Crippen molar-refractivity contribution in [3.63, 3.8) is 0 Å². The molecule has 3 nitrogen and oxygen atoms in total. The Bertz CT molecular complexity index is 489. The first-order valence-electron chi connectivity index (χ1n) is 7.77. The van der Waals surface area contributed by atoms with E-state index in [4.69, 9.17) is 11.6 Å². The quantitative estimate of drug-likeness (QED) is 0.893. The summed E-state index contributed by atoms with van der Waals surface area (Å²) in [6.07, 6.45) is 1.81. The summed E-state index contributed by atoms with van der Waals surface area (Å²) in [6.45, 7) is 7.27. The molecule has 1 unspecified atom stereocenters. The van der Waals surface area contributed by atoms with Crippen LogP contribution in [0.1, 0.15) is 45.2 Å². The molecule has 4 heteroatoms. The second-order valence-electron chi connectivity index (χ2n) is 6.33. The number of hydrogen-bond donors (Lipinski definition) is 2. The van der Waals surface area contributed by atoms with Gasteiger partial charge in [-0.15, -0.1) is 0 Å². The van der Waals surface area contributed by atoms with Gasteiger partial charge in [0.2, 0.25) is 5.91 Å². The zero-order chi connectivity index (χ0) is 15.4. The molecule has 0 aromatic heterocycles. The first-order valence-corrected chi connectivity index (χ1v) is 8.15. The topological polar surface area (TPSA) is 41.1 Å². The average Bonchev–Trinajstić information content (AvgIpc) is 2.45. The molecule has 1 aromatic carbocycles. The van der Waals surface area contributed by atoms with E-state index in [9.17, 15) is 4.79 Å². The van der Waals surface area contributed by atoms with Crippen molar-refractivity contribution in [3.8, 4) is 0 Å². The van der Waals surface area contributed by atoms with Gasteiger partial charge in [0.05, 0.1) is 6.04 Å². The van der Waals surface area contributed by atoms with Crippen LogP contribution in [0.15, 0.2) is 24.3 Å². The minimum absolute atomic E-state index is 0.0311. The van der Waals surface area contributed by atoms with Gasteiger partial charge in [-0.25, -0.2) is 0 Å². The number of benzene rings is 1. The van der Waals surface area contributed by atoms with Crippen LogP contribution in [0.3, 0.4) is 0 Å². The maximum absolute atomic E-state index is 12.6. The summed E-state index contributed by atoms with van der Waals surface area (Å²) in [5, 5.41) is 7.31. The normalized spacial score (nSPS) is 23.9. The molecule has 116 valence electrons. The van der Waals surface area contributed by atoms with Crippen molar-refractivity contribution in [2.24, 2.45) is 11.8 Å². The SMILES string of the molecule is CC(C)C(NC(=O)[C@H]1CCN[C@@H](C)C1)c1ccccc1Cl. The van der Waals surface area contributed by atoms with Crippen LogP contribution in [-0.2, 0) is 4.79 Å². The summed E-state index contributed by atoms with van der Waals surface area (Å²) in [4.78, 5) is 12.6. The maximum Gasteiger partial charge on any atom is 0.223 e. The Labute approximate surface area is 132 Å². The van der Waals surface area contributed by atoms with Gasteiger partial charge < -0.3 is 10.6 Å². The van der Waals surface area contributed by atoms with Crippen molar-refractivity contribution in [1.29, 1.82) is 0 Å². The summed E-state index contributed by atoms with van der Waals surface area (Å²) in [5.41, 5.74) is 1.00. The Hall–Kier alpha value is -1.06. The first kappa shape index (κ1) is 16.3. The molecule has 0 saturated carbocycles. The first-order chi connectivity index (χ1) is 9.99. The van der Waals surface area contributed by atoms with Gasteiger partial charge >= 0.3 is 0 Å². The molecule has 2 N–H and O–H groups in total. The van der Waals surface area contributed by atoms with E-state index in [2.05, 4.69) is 31.4 Å². The number of amides is 1. The van der Waals surface area contributed by atoms with Crippen LogP contribution in [0.2, 0.25) is 5.02 Å². The van der Waals surface area contributed by atoms with Gasteiger partial charge in [0.25, 0.3) is 0 Å². The van der Waals surface area contributed by atoms with Gasteiger partial charge in [-0.05, 0) is 43.9 Å². The second-order valence-corrected chi connectivity index (χ2v) is 6.74. The van der Waals surface area contributed by atoms with Crippen LogP contribution in [-0.4, -0.2) is 18.5 Å². The molecule has 1 heterocycles. The lowest BCUT2D eigenvalue weighted by Crippen LogP contribution is -2.44. The van der Waals surface area contributed by atoms with Crippen LogP contribution in [0.4, 0.5) is 0 Å². The summed E-state index contributed by atoms with van der Waals surface area (Å²) in [5.74, 6) is 0.556. The van der Waals surface area contributed by atoms with Gasteiger partial charge in [0.15, 0.2) is 0 Å². The standard InChI is InChI=1S/C17H25ClN2O/c1-11(2)16(14-6-4-5-7-15(14)18)20-17(21)13-8-9-19-12(3)10-13/h4-7,11-13,16,19H,8-10H2,1-3H3,(H,20,21)/t12-,13-,16?/m0/s1. The van der Waals surface area contributed by atoms with E-state index in [-0.39, 0.29) is 17.9 Å². The van der Waals surface area contributed by atoms with Crippen LogP contribution in [0.5, 0.6) is 0 Å². The number of hydrogen-bond acceptors (Lipinski definition) is 2. The zero-order valence-corrected chi connectivity index (χ0v) is 13.8. The molecule has 1 amide bonds. The number of nitrogens with one attached hydrogen (secondary N) is 2. The third-order valence-electron chi connectivity index (χ3n) is 4.20. The summed E-state index contributed by atoms with van der Waals surface area (Å²) < 4.78 is 0. The molecular formula is C17H25ClN2O. The lowest BCUT2D eigenvalue weighted by molar-refractivity contribution is -0.127. The maximum atomic E-state index is 12.6. The summed E-state index contributed by atoms with van der Waals surface area (Å²) >= 11 is 6.29. The lowest BCUT2D eigenvalue weighted by Gasteiger charge is -2.30. The molecule has 3 atom stereocenters. The van der Waals surface area contributed by atoms with Gasteiger partial charge in [0.1, 0.15) is 0 Å². The highest BCUT2D eigenvalue weighted by Gasteiger charge is 2.28. The monoisotopic (exact) mass is 308 g/mol. The van der Waals surface area contributed by atoms with Crippen molar-refractivity contribution in [2.75, 3.05) is 6.54 Å². The highest BCUT2D eigenvalue weighted by molar-refractivity contribution is 6.31. The molecular weight excluding hydrogens is 284 g/mol. The molecule has 1 fully saturated rings. The Morgan fingerprint density at radius 2 is 2.10 bits per heavy atom. The van der Waals surface area contributed by atoms with Crippen LogP contribution in [0.25, 0.3) is 0 Å². The van der Waals surface area contributed by atoms with E-state index in [1.165, 1.54) is 0 Å².